The lowest BCUT2D eigenvalue weighted by Crippen LogP contribution is -1.71. The molecule has 0 radical (unpaired) electrons. The van der Waals surface area contributed by atoms with Gasteiger partial charge >= 0.3 is 0 Å². The summed E-state index contributed by atoms with van der Waals surface area (Å²) in [6, 6.07) is 0. The first-order valence-corrected chi connectivity index (χ1v) is 4.08. The smallest absolute Gasteiger partial charge is 0.110 e. The predicted molar refractivity (Wildman–Crippen MR) is 38.6 cm³/mol. The molecule has 3 nitrogen and oxygen atoms in total. The van der Waals surface area contributed by atoms with Gasteiger partial charge in [-0.05, 0) is 5.21 Å². The molecule has 0 spiro atoms. The Labute approximate surface area is 61.3 Å². The van der Waals surface area contributed by atoms with Gasteiger partial charge in [0, 0.05) is 17.3 Å². The van der Waals surface area contributed by atoms with Gasteiger partial charge in [-0.3, -0.25) is 0 Å². The van der Waals surface area contributed by atoms with Crippen LogP contribution in [0.4, 0.5) is 0 Å². The zero-order chi connectivity index (χ0) is 6.53. The standard InChI is InChI=1S/C4H5N3S2/c1-2-3-8-4-5-6-7-9-4/h2H,1,3H2. The van der Waals surface area contributed by atoms with Crippen LogP contribution in [-0.2, 0) is 0 Å². The Morgan fingerprint density at radius 3 is 3.22 bits per heavy atom. The minimum absolute atomic E-state index is 0.872. The molecule has 0 aliphatic heterocycles. The van der Waals surface area contributed by atoms with E-state index in [4.69, 9.17) is 0 Å². The highest BCUT2D eigenvalue weighted by Gasteiger charge is 1.93. The number of nitrogens with zero attached hydrogens (tertiary/aromatic N) is 3. The monoisotopic (exact) mass is 159 g/mol. The Balaban J connectivity index is 2.38. The molecule has 5 heteroatoms. The molecular formula is C4H5N3S2. The Morgan fingerprint density at radius 1 is 1.78 bits per heavy atom. The molecule has 1 aromatic heterocycles. The first-order valence-electron chi connectivity index (χ1n) is 2.32. The van der Waals surface area contributed by atoms with E-state index in [1.54, 1.807) is 11.8 Å². The van der Waals surface area contributed by atoms with E-state index in [9.17, 15) is 0 Å². The van der Waals surface area contributed by atoms with E-state index in [-0.39, 0.29) is 0 Å². The summed E-state index contributed by atoms with van der Waals surface area (Å²) in [7, 11) is 0. The van der Waals surface area contributed by atoms with Gasteiger partial charge in [0.15, 0.2) is 4.34 Å². The van der Waals surface area contributed by atoms with Crippen LogP contribution in [0.2, 0.25) is 0 Å². The lowest BCUT2D eigenvalue weighted by atomic mass is 10.8. The molecule has 0 saturated heterocycles. The third kappa shape index (κ3) is 2.11. The van der Waals surface area contributed by atoms with Crippen LogP contribution in [0.5, 0.6) is 0 Å². The van der Waals surface area contributed by atoms with Crippen molar-refractivity contribution in [2.24, 2.45) is 0 Å². The molecule has 0 amide bonds. The van der Waals surface area contributed by atoms with Gasteiger partial charge in [0.25, 0.3) is 0 Å². The van der Waals surface area contributed by atoms with Crippen molar-refractivity contribution in [2.45, 2.75) is 4.34 Å². The molecule has 0 bridgehead atoms. The topological polar surface area (TPSA) is 38.7 Å². The molecule has 1 rings (SSSR count). The van der Waals surface area contributed by atoms with Gasteiger partial charge in [0.05, 0.1) is 0 Å². The van der Waals surface area contributed by atoms with Crippen LogP contribution >= 0.6 is 23.3 Å². The lowest BCUT2D eigenvalue weighted by Gasteiger charge is -1.83. The van der Waals surface area contributed by atoms with Gasteiger partial charge in [-0.1, -0.05) is 22.3 Å². The fourth-order valence-electron chi connectivity index (χ4n) is 0.312. The third-order valence-electron chi connectivity index (χ3n) is 0.606. The van der Waals surface area contributed by atoms with E-state index in [0.717, 1.165) is 10.1 Å². The van der Waals surface area contributed by atoms with Gasteiger partial charge in [-0.15, -0.1) is 11.7 Å². The van der Waals surface area contributed by atoms with Gasteiger partial charge in [-0.2, -0.15) is 0 Å². The molecule has 1 heterocycles. The van der Waals surface area contributed by atoms with E-state index in [1.807, 2.05) is 6.08 Å². The normalized spacial score (nSPS) is 9.33. The van der Waals surface area contributed by atoms with Crippen LogP contribution in [0.15, 0.2) is 17.0 Å². The summed E-state index contributed by atoms with van der Waals surface area (Å²) >= 11 is 2.90. The van der Waals surface area contributed by atoms with Crippen LogP contribution in [0.1, 0.15) is 0 Å². The molecule has 0 saturated carbocycles. The van der Waals surface area contributed by atoms with E-state index in [0.29, 0.717) is 0 Å². The minimum Gasteiger partial charge on any atom is -0.110 e. The maximum Gasteiger partial charge on any atom is 0.194 e. The molecule has 0 unspecified atom stereocenters. The lowest BCUT2D eigenvalue weighted by molar-refractivity contribution is 0.915. The predicted octanol–water partition coefficient (Wildman–Crippen LogP) is 1.21. The van der Waals surface area contributed by atoms with Crippen molar-refractivity contribution in [1.29, 1.82) is 0 Å². The van der Waals surface area contributed by atoms with Gasteiger partial charge < -0.3 is 0 Å². The highest BCUT2D eigenvalue weighted by molar-refractivity contribution is 8.01. The van der Waals surface area contributed by atoms with E-state index >= 15 is 0 Å². The summed E-state index contributed by atoms with van der Waals surface area (Å²) in [6.07, 6.45) is 1.83. The van der Waals surface area contributed by atoms with E-state index in [2.05, 4.69) is 21.4 Å². The number of aromatic nitrogens is 3. The Morgan fingerprint density at radius 2 is 2.67 bits per heavy atom. The Bertz CT molecular complexity index is 172. The van der Waals surface area contributed by atoms with Gasteiger partial charge in [-0.25, -0.2) is 0 Å². The molecule has 0 N–H and O–H groups in total. The van der Waals surface area contributed by atoms with Crippen molar-refractivity contribution in [3.63, 3.8) is 0 Å². The van der Waals surface area contributed by atoms with Crippen LogP contribution in [0.3, 0.4) is 0 Å². The highest BCUT2D eigenvalue weighted by atomic mass is 32.2. The number of hydrogen-bond acceptors (Lipinski definition) is 5. The first-order chi connectivity index (χ1) is 4.43. The van der Waals surface area contributed by atoms with Crippen molar-refractivity contribution in [3.05, 3.63) is 12.7 Å². The van der Waals surface area contributed by atoms with Crippen LogP contribution in [-0.4, -0.2) is 20.6 Å². The average Bonchev–Trinajstić information content (AvgIpc) is 2.34. The molecule has 0 aliphatic carbocycles. The summed E-state index contributed by atoms with van der Waals surface area (Å²) < 4.78 is 4.50. The summed E-state index contributed by atoms with van der Waals surface area (Å²) in [6.45, 7) is 3.58. The maximum absolute atomic E-state index is 3.73. The quantitative estimate of drug-likeness (QED) is 0.491. The van der Waals surface area contributed by atoms with Gasteiger partial charge in [0.1, 0.15) is 0 Å². The van der Waals surface area contributed by atoms with E-state index < -0.39 is 0 Å². The van der Waals surface area contributed by atoms with E-state index in [1.165, 1.54) is 11.5 Å². The maximum atomic E-state index is 3.73. The molecule has 1 aromatic rings. The Kier molecular flexibility index (Phi) is 2.66. The third-order valence-corrected chi connectivity index (χ3v) is 2.31. The molecule has 9 heavy (non-hydrogen) atoms. The fourth-order valence-corrected chi connectivity index (χ4v) is 1.40. The summed E-state index contributed by atoms with van der Waals surface area (Å²) in [5.74, 6) is 0.872. The minimum atomic E-state index is 0.872. The van der Waals surface area contributed by atoms with Crippen molar-refractivity contribution in [3.8, 4) is 0 Å². The van der Waals surface area contributed by atoms with Crippen LogP contribution in [0, 0.1) is 0 Å². The van der Waals surface area contributed by atoms with Crippen molar-refractivity contribution in [2.75, 3.05) is 5.75 Å². The largest absolute Gasteiger partial charge is 0.194 e. The second-order valence-electron chi connectivity index (χ2n) is 1.23. The number of thioether (sulfide) groups is 1. The number of rotatable bonds is 3. The summed E-state index contributed by atoms with van der Waals surface area (Å²) in [4.78, 5) is 0. The zero-order valence-corrected chi connectivity index (χ0v) is 6.28. The molecule has 0 atom stereocenters. The average molecular weight is 159 g/mol. The first kappa shape index (κ1) is 6.70. The second-order valence-corrected chi connectivity index (χ2v) is 3.23. The van der Waals surface area contributed by atoms with Crippen molar-refractivity contribution < 1.29 is 0 Å². The zero-order valence-electron chi connectivity index (χ0n) is 4.65. The second kappa shape index (κ2) is 3.58. The number of hydrogen-bond donors (Lipinski definition) is 0. The SMILES string of the molecule is C=CCSc1nnns1. The van der Waals surface area contributed by atoms with Crippen LogP contribution < -0.4 is 0 Å². The van der Waals surface area contributed by atoms with Crippen molar-refractivity contribution >= 4 is 23.3 Å². The van der Waals surface area contributed by atoms with Gasteiger partial charge in [0.2, 0.25) is 0 Å². The molecular weight excluding hydrogens is 154 g/mol. The van der Waals surface area contributed by atoms with Crippen molar-refractivity contribution in [1.82, 2.24) is 14.8 Å². The molecule has 0 aliphatic rings. The summed E-state index contributed by atoms with van der Waals surface area (Å²) in [5, 5.41) is 7.16. The highest BCUT2D eigenvalue weighted by Crippen LogP contribution is 2.16. The fraction of sp³-hybridized carbons (Fsp3) is 0.250. The molecule has 0 fully saturated rings. The molecule has 0 aromatic carbocycles. The Hall–Kier alpha value is -0.420. The summed E-state index contributed by atoms with van der Waals surface area (Å²) in [5.41, 5.74) is 0. The molecule has 48 valence electrons. The van der Waals surface area contributed by atoms with Crippen LogP contribution in [0.25, 0.3) is 0 Å².